The summed E-state index contributed by atoms with van der Waals surface area (Å²) in [5.74, 6) is -1.02. The number of ether oxygens (including phenoxy) is 1. The van der Waals surface area contributed by atoms with Crippen molar-refractivity contribution < 1.29 is 14.3 Å². The first kappa shape index (κ1) is 19.1. The Morgan fingerprint density at radius 3 is 2.64 bits per heavy atom. The molecule has 0 aromatic carbocycles. The van der Waals surface area contributed by atoms with E-state index in [1.807, 2.05) is 19.9 Å². The molecule has 2 heterocycles. The fourth-order valence-electron chi connectivity index (χ4n) is 1.88. The molecule has 0 saturated heterocycles. The summed E-state index contributed by atoms with van der Waals surface area (Å²) in [5.41, 5.74) is 2.00. The van der Waals surface area contributed by atoms with Crippen LogP contribution in [-0.4, -0.2) is 38.7 Å². The van der Waals surface area contributed by atoms with Gasteiger partial charge in [0.15, 0.2) is 16.4 Å². The molecule has 1 atom stereocenters. The lowest BCUT2D eigenvalue weighted by molar-refractivity contribution is -0.150. The number of hydrogen-bond donors (Lipinski definition) is 1. The lowest BCUT2D eigenvalue weighted by Crippen LogP contribution is -2.30. The number of hydrogen-bond acceptors (Lipinski definition) is 7. The van der Waals surface area contributed by atoms with Crippen molar-refractivity contribution in [3.63, 3.8) is 0 Å². The van der Waals surface area contributed by atoms with Crippen LogP contribution < -0.4 is 5.32 Å². The zero-order valence-corrected chi connectivity index (χ0v) is 15.5. The van der Waals surface area contributed by atoms with Gasteiger partial charge in [-0.2, -0.15) is 0 Å². The number of amides is 1. The predicted molar refractivity (Wildman–Crippen MR) is 95.7 cm³/mol. The van der Waals surface area contributed by atoms with Crippen molar-refractivity contribution in [1.29, 1.82) is 0 Å². The lowest BCUT2D eigenvalue weighted by Gasteiger charge is -2.13. The maximum Gasteiger partial charge on any atom is 0.317 e. The second kappa shape index (κ2) is 8.77. The number of thioether (sulfide) groups is 1. The molecule has 0 aliphatic rings. The van der Waals surface area contributed by atoms with Gasteiger partial charge in [0.05, 0.1) is 11.4 Å². The summed E-state index contributed by atoms with van der Waals surface area (Å²) in [4.78, 5) is 36.3. The van der Waals surface area contributed by atoms with E-state index in [4.69, 9.17) is 16.3 Å². The van der Waals surface area contributed by atoms with Crippen molar-refractivity contribution in [3.05, 3.63) is 40.9 Å². The van der Waals surface area contributed by atoms with Crippen LogP contribution >= 0.6 is 23.4 Å². The summed E-state index contributed by atoms with van der Waals surface area (Å²) >= 11 is 7.03. The van der Waals surface area contributed by atoms with E-state index in [-0.39, 0.29) is 10.9 Å². The average Bonchev–Trinajstić information content (AvgIpc) is 2.54. The molecule has 7 nitrogen and oxygen atoms in total. The molecule has 0 saturated carbocycles. The van der Waals surface area contributed by atoms with Gasteiger partial charge in [-0.3, -0.25) is 9.59 Å². The van der Waals surface area contributed by atoms with Crippen LogP contribution in [0.4, 0.5) is 5.69 Å². The van der Waals surface area contributed by atoms with E-state index in [0.29, 0.717) is 10.8 Å². The summed E-state index contributed by atoms with van der Waals surface area (Å²) in [6.45, 7) is 5.19. The van der Waals surface area contributed by atoms with E-state index < -0.39 is 18.0 Å². The van der Waals surface area contributed by atoms with Crippen LogP contribution in [-0.2, 0) is 14.3 Å². The largest absolute Gasteiger partial charge is 0.452 e. The second-order valence-electron chi connectivity index (χ2n) is 5.19. The van der Waals surface area contributed by atoms with Crippen LogP contribution in [0.25, 0.3) is 0 Å². The van der Waals surface area contributed by atoms with Gasteiger partial charge in [-0.25, -0.2) is 15.0 Å². The highest BCUT2D eigenvalue weighted by Gasteiger charge is 2.19. The summed E-state index contributed by atoms with van der Waals surface area (Å²) < 4.78 is 5.12. The summed E-state index contributed by atoms with van der Waals surface area (Å²) in [7, 11) is 0. The van der Waals surface area contributed by atoms with Crippen LogP contribution in [0.1, 0.15) is 18.3 Å². The Kier molecular flexibility index (Phi) is 6.72. The first-order valence-electron chi connectivity index (χ1n) is 7.41. The minimum absolute atomic E-state index is 0.00810. The minimum Gasteiger partial charge on any atom is -0.452 e. The van der Waals surface area contributed by atoms with Crippen LogP contribution in [0.15, 0.2) is 29.6 Å². The molecule has 1 amide bonds. The van der Waals surface area contributed by atoms with Gasteiger partial charge in [-0.1, -0.05) is 23.4 Å². The highest BCUT2D eigenvalue weighted by atomic mass is 35.5. The standard InChI is InChI=1S/C16H17ClN4O3S/c1-9-7-10(2)20-16(19-9)25-8-13(22)24-11(3)15(23)21-12-5-4-6-18-14(12)17/h4-7,11H,8H2,1-3H3,(H,21,23)/t11-/m0/s1. The van der Waals surface area contributed by atoms with Crippen molar-refractivity contribution in [2.45, 2.75) is 32.0 Å². The molecule has 2 aromatic heterocycles. The molecule has 0 aliphatic heterocycles. The SMILES string of the molecule is Cc1cc(C)nc(SCC(=O)O[C@@H](C)C(=O)Nc2cccnc2Cl)n1. The monoisotopic (exact) mass is 380 g/mol. The molecule has 2 aromatic rings. The molecule has 0 bridgehead atoms. The van der Waals surface area contributed by atoms with Crippen LogP contribution in [0.3, 0.4) is 0 Å². The molecule has 132 valence electrons. The molecular formula is C16H17ClN4O3S. The number of carbonyl (C=O) groups excluding carboxylic acids is 2. The number of pyridine rings is 1. The van der Waals surface area contributed by atoms with Gasteiger partial charge in [-0.05, 0) is 39.0 Å². The third-order valence-electron chi connectivity index (χ3n) is 2.98. The van der Waals surface area contributed by atoms with E-state index in [1.165, 1.54) is 13.1 Å². The molecule has 0 spiro atoms. The second-order valence-corrected chi connectivity index (χ2v) is 6.49. The van der Waals surface area contributed by atoms with Gasteiger partial charge in [-0.15, -0.1) is 0 Å². The molecule has 9 heteroatoms. The summed E-state index contributed by atoms with van der Waals surface area (Å²) in [5, 5.41) is 3.22. The molecule has 1 N–H and O–H groups in total. The highest BCUT2D eigenvalue weighted by molar-refractivity contribution is 7.99. The van der Waals surface area contributed by atoms with E-state index in [2.05, 4.69) is 20.3 Å². The van der Waals surface area contributed by atoms with Crippen molar-refractivity contribution in [2.24, 2.45) is 0 Å². The Balaban J connectivity index is 1.85. The van der Waals surface area contributed by atoms with Gasteiger partial charge in [0.25, 0.3) is 5.91 Å². The van der Waals surface area contributed by atoms with Gasteiger partial charge in [0.2, 0.25) is 0 Å². The Morgan fingerprint density at radius 1 is 1.32 bits per heavy atom. The van der Waals surface area contributed by atoms with Crippen molar-refractivity contribution in [2.75, 3.05) is 11.1 Å². The van der Waals surface area contributed by atoms with Crippen molar-refractivity contribution in [3.8, 4) is 0 Å². The maximum absolute atomic E-state index is 12.1. The molecule has 0 aliphatic carbocycles. The molecule has 0 fully saturated rings. The third-order valence-corrected chi connectivity index (χ3v) is 4.10. The first-order valence-corrected chi connectivity index (χ1v) is 8.77. The number of anilines is 1. The zero-order valence-electron chi connectivity index (χ0n) is 13.9. The fraction of sp³-hybridized carbons (Fsp3) is 0.312. The molecule has 0 radical (unpaired) electrons. The van der Waals surface area contributed by atoms with Crippen molar-refractivity contribution >= 4 is 40.9 Å². The first-order chi connectivity index (χ1) is 11.8. The number of carbonyl (C=O) groups is 2. The van der Waals surface area contributed by atoms with E-state index in [9.17, 15) is 9.59 Å². The number of esters is 1. The fourth-order valence-corrected chi connectivity index (χ4v) is 2.78. The predicted octanol–water partition coefficient (Wildman–Crippen LogP) is 2.80. The Morgan fingerprint density at radius 2 is 2.00 bits per heavy atom. The summed E-state index contributed by atoms with van der Waals surface area (Å²) in [6.07, 6.45) is 0.540. The van der Waals surface area contributed by atoms with E-state index >= 15 is 0 Å². The highest BCUT2D eigenvalue weighted by Crippen LogP contribution is 2.18. The molecule has 0 unspecified atom stereocenters. The van der Waals surface area contributed by atoms with Crippen LogP contribution in [0.2, 0.25) is 5.15 Å². The third kappa shape index (κ3) is 5.99. The number of aromatic nitrogens is 3. The summed E-state index contributed by atoms with van der Waals surface area (Å²) in [6, 6.07) is 5.09. The van der Waals surface area contributed by atoms with Gasteiger partial charge < -0.3 is 10.1 Å². The Bertz CT molecular complexity index is 767. The zero-order chi connectivity index (χ0) is 18.4. The number of halogens is 1. The quantitative estimate of drug-likeness (QED) is 0.356. The normalized spacial score (nSPS) is 11.7. The average molecular weight is 381 g/mol. The number of nitrogens with one attached hydrogen (secondary N) is 1. The molecular weight excluding hydrogens is 364 g/mol. The smallest absolute Gasteiger partial charge is 0.317 e. The van der Waals surface area contributed by atoms with Crippen molar-refractivity contribution in [1.82, 2.24) is 15.0 Å². The number of rotatable bonds is 6. The Hall–Kier alpha value is -2.19. The van der Waals surface area contributed by atoms with Gasteiger partial charge >= 0.3 is 5.97 Å². The molecule has 25 heavy (non-hydrogen) atoms. The van der Waals surface area contributed by atoms with Crippen LogP contribution in [0, 0.1) is 13.8 Å². The molecule has 2 rings (SSSR count). The van der Waals surface area contributed by atoms with E-state index in [1.54, 1.807) is 12.1 Å². The van der Waals surface area contributed by atoms with Gasteiger partial charge in [0.1, 0.15) is 0 Å². The number of aryl methyl sites for hydroxylation is 2. The topological polar surface area (TPSA) is 94.1 Å². The Labute approximate surface area is 154 Å². The lowest BCUT2D eigenvalue weighted by atomic mass is 10.3. The van der Waals surface area contributed by atoms with Crippen LogP contribution in [0.5, 0.6) is 0 Å². The van der Waals surface area contributed by atoms with Gasteiger partial charge in [0, 0.05) is 17.6 Å². The minimum atomic E-state index is -0.968. The number of nitrogens with zero attached hydrogens (tertiary/aromatic N) is 3. The maximum atomic E-state index is 12.1. The van der Waals surface area contributed by atoms with E-state index in [0.717, 1.165) is 23.1 Å².